The molecular formula is C28H24F6N4O7S. The summed E-state index contributed by atoms with van der Waals surface area (Å²) in [6.07, 6.45) is -3.75. The van der Waals surface area contributed by atoms with Crippen molar-refractivity contribution < 1.29 is 59.3 Å². The number of nitrogens with zero attached hydrogens (tertiary/aromatic N) is 3. The molecule has 1 aliphatic heterocycles. The van der Waals surface area contributed by atoms with Crippen LogP contribution in [0.1, 0.15) is 6.42 Å². The lowest BCUT2D eigenvalue weighted by atomic mass is 10.2. The molecule has 0 bridgehead atoms. The Hall–Kier alpha value is -5.26. The Bertz CT molecular complexity index is 1660. The smallest absolute Gasteiger partial charge is 0.475 e. The number of nitrogens with one attached hydrogen (secondary N) is 1. The van der Waals surface area contributed by atoms with Crippen LogP contribution < -0.4 is 14.4 Å². The highest BCUT2D eigenvalue weighted by Gasteiger charge is 2.39. The summed E-state index contributed by atoms with van der Waals surface area (Å²) in [5, 5.41) is 17.6. The van der Waals surface area contributed by atoms with Gasteiger partial charge in [0.1, 0.15) is 11.4 Å². The average molecular weight is 675 g/mol. The first-order valence-electron chi connectivity index (χ1n) is 12.8. The molecule has 0 unspecified atom stereocenters. The van der Waals surface area contributed by atoms with E-state index in [1.165, 1.54) is 4.31 Å². The van der Waals surface area contributed by atoms with Crippen LogP contribution in [0.4, 0.5) is 43.4 Å². The minimum absolute atomic E-state index is 0.216. The van der Waals surface area contributed by atoms with E-state index < -0.39 is 34.3 Å². The number of aryl methyl sites for hydroxylation is 1. The van der Waals surface area contributed by atoms with Gasteiger partial charge in [0.25, 0.3) is 10.0 Å². The number of sulfonamides is 1. The third-order valence-electron chi connectivity index (χ3n) is 5.75. The molecule has 1 aliphatic rings. The first kappa shape index (κ1) is 35.2. The Balaban J connectivity index is 0.000000345. The molecular weight excluding hydrogens is 650 g/mol. The first-order valence-corrected chi connectivity index (χ1v) is 14.3. The SMILES string of the molecule is O=C(O)C(F)(F)F.O=C(O)C(F)(F)F.O=S(=O)(c1ccc(NCCCn2ccnc2)cc1)N1c2ccccc2Oc2ccccc21. The lowest BCUT2D eigenvalue weighted by Crippen LogP contribution is -2.28. The Morgan fingerprint density at radius 2 is 1.28 bits per heavy atom. The first-order chi connectivity index (χ1) is 21.5. The minimum atomic E-state index is -5.08. The van der Waals surface area contributed by atoms with Gasteiger partial charge in [0.2, 0.25) is 0 Å². The summed E-state index contributed by atoms with van der Waals surface area (Å²) in [4.78, 5) is 22.0. The van der Waals surface area contributed by atoms with Crippen molar-refractivity contribution in [2.24, 2.45) is 0 Å². The standard InChI is InChI=1S/C24H22N4O3S.2C2HF3O2/c29-32(30,20-12-10-19(11-13-20)26-14-5-16-27-17-15-25-18-27)28-21-6-1-3-8-23(21)31-24-9-4-2-7-22(24)28;2*3-2(4,5)1(6)7/h1-4,6-13,15,17-18,26H,5,14,16H2;2*(H,6,7). The van der Waals surface area contributed by atoms with Crippen molar-refractivity contribution in [1.29, 1.82) is 0 Å². The third kappa shape index (κ3) is 9.37. The number of alkyl halides is 6. The van der Waals surface area contributed by atoms with Gasteiger partial charge in [-0.15, -0.1) is 0 Å². The van der Waals surface area contributed by atoms with Gasteiger partial charge in [-0.05, 0) is 55.0 Å². The summed E-state index contributed by atoms with van der Waals surface area (Å²) in [6.45, 7) is 1.64. The topological polar surface area (TPSA) is 151 Å². The normalized spacial score (nSPS) is 12.2. The molecule has 0 aliphatic carbocycles. The van der Waals surface area contributed by atoms with Crippen LogP contribution in [0.3, 0.4) is 0 Å². The molecule has 1 aromatic heterocycles. The zero-order chi connectivity index (χ0) is 34.1. The maximum absolute atomic E-state index is 13.7. The van der Waals surface area contributed by atoms with E-state index >= 15 is 0 Å². The molecule has 11 nitrogen and oxygen atoms in total. The molecule has 0 fully saturated rings. The van der Waals surface area contributed by atoms with Crippen LogP contribution in [0.15, 0.2) is 96.4 Å². The van der Waals surface area contributed by atoms with Gasteiger partial charge in [-0.2, -0.15) is 26.3 Å². The zero-order valence-corrected chi connectivity index (χ0v) is 24.1. The van der Waals surface area contributed by atoms with E-state index in [1.807, 2.05) is 22.9 Å². The fourth-order valence-electron chi connectivity index (χ4n) is 3.69. The maximum Gasteiger partial charge on any atom is 0.490 e. The number of carbonyl (C=O) groups is 2. The second-order valence-electron chi connectivity index (χ2n) is 9.02. The number of carboxylic acids is 2. The predicted octanol–water partition coefficient (Wildman–Crippen LogP) is 6.28. The highest BCUT2D eigenvalue weighted by atomic mass is 32.2. The van der Waals surface area contributed by atoms with E-state index in [2.05, 4.69) is 10.3 Å². The lowest BCUT2D eigenvalue weighted by Gasteiger charge is -2.31. The summed E-state index contributed by atoms with van der Waals surface area (Å²) >= 11 is 0. The van der Waals surface area contributed by atoms with E-state index in [0.29, 0.717) is 22.9 Å². The number of benzene rings is 3. The van der Waals surface area contributed by atoms with Crippen molar-refractivity contribution in [3.05, 3.63) is 91.5 Å². The second-order valence-corrected chi connectivity index (χ2v) is 10.8. The van der Waals surface area contributed by atoms with Gasteiger partial charge in [0.05, 0.1) is 11.2 Å². The fraction of sp³-hybridized carbons (Fsp3) is 0.179. The van der Waals surface area contributed by atoms with E-state index in [1.54, 1.807) is 73.2 Å². The molecule has 3 aromatic carbocycles. The molecule has 0 saturated heterocycles. The van der Waals surface area contributed by atoms with Crippen LogP contribution in [-0.4, -0.2) is 59.0 Å². The summed E-state index contributed by atoms with van der Waals surface area (Å²) in [6, 6.07) is 21.1. The van der Waals surface area contributed by atoms with Crippen LogP contribution in [0.2, 0.25) is 0 Å². The average Bonchev–Trinajstić information content (AvgIpc) is 3.51. The van der Waals surface area contributed by atoms with Crippen LogP contribution in [0.5, 0.6) is 11.5 Å². The molecule has 4 aromatic rings. The molecule has 46 heavy (non-hydrogen) atoms. The lowest BCUT2D eigenvalue weighted by molar-refractivity contribution is -0.193. The molecule has 246 valence electrons. The number of halogens is 6. The minimum Gasteiger partial charge on any atom is -0.475 e. The quantitative estimate of drug-likeness (QED) is 0.152. The number of hydrogen-bond donors (Lipinski definition) is 3. The van der Waals surface area contributed by atoms with Crippen molar-refractivity contribution in [1.82, 2.24) is 9.55 Å². The molecule has 18 heteroatoms. The van der Waals surface area contributed by atoms with Crippen LogP contribution in [-0.2, 0) is 26.2 Å². The number of aliphatic carboxylic acids is 2. The van der Waals surface area contributed by atoms with Gasteiger partial charge >= 0.3 is 24.3 Å². The predicted molar refractivity (Wildman–Crippen MR) is 151 cm³/mol. The number of aromatic nitrogens is 2. The number of hydrogen-bond acceptors (Lipinski definition) is 7. The highest BCUT2D eigenvalue weighted by Crippen LogP contribution is 2.48. The van der Waals surface area contributed by atoms with Crippen molar-refractivity contribution in [2.45, 2.75) is 30.2 Å². The van der Waals surface area contributed by atoms with Crippen LogP contribution in [0, 0.1) is 0 Å². The Labute approximate surface area is 257 Å². The van der Waals surface area contributed by atoms with Gasteiger partial charge in [0, 0.05) is 31.2 Å². The van der Waals surface area contributed by atoms with E-state index in [0.717, 1.165) is 25.2 Å². The van der Waals surface area contributed by atoms with E-state index in [4.69, 9.17) is 24.5 Å². The molecule has 5 rings (SSSR count). The van der Waals surface area contributed by atoms with Gasteiger partial charge in [-0.1, -0.05) is 24.3 Å². The van der Waals surface area contributed by atoms with Gasteiger partial charge in [0.15, 0.2) is 11.5 Å². The molecule has 0 saturated carbocycles. The number of fused-ring (bicyclic) bond motifs is 2. The molecule has 2 heterocycles. The third-order valence-corrected chi connectivity index (χ3v) is 7.49. The summed E-state index contributed by atoms with van der Waals surface area (Å²) in [5.74, 6) is -4.50. The number of imidazole rings is 1. The summed E-state index contributed by atoms with van der Waals surface area (Å²) < 4.78 is 100. The van der Waals surface area contributed by atoms with Crippen molar-refractivity contribution >= 4 is 39.0 Å². The second kappa shape index (κ2) is 14.7. The molecule has 0 atom stereocenters. The van der Waals surface area contributed by atoms with Crippen LogP contribution in [0.25, 0.3) is 0 Å². The number of ether oxygens (including phenoxy) is 1. The zero-order valence-electron chi connectivity index (χ0n) is 23.2. The number of carboxylic acid groups (broad SMARTS) is 2. The number of anilines is 3. The fourth-order valence-corrected chi connectivity index (χ4v) is 5.20. The summed E-state index contributed by atoms with van der Waals surface area (Å²) in [5.41, 5.74) is 1.86. The van der Waals surface area contributed by atoms with E-state index in [-0.39, 0.29) is 4.90 Å². The maximum atomic E-state index is 13.7. The Morgan fingerprint density at radius 3 is 1.72 bits per heavy atom. The number of para-hydroxylation sites is 4. The van der Waals surface area contributed by atoms with Gasteiger partial charge < -0.3 is 24.8 Å². The Kier molecular flexibility index (Phi) is 11.2. The van der Waals surface area contributed by atoms with Gasteiger partial charge in [-0.25, -0.2) is 27.3 Å². The molecule has 3 N–H and O–H groups in total. The highest BCUT2D eigenvalue weighted by molar-refractivity contribution is 7.93. The molecule has 0 spiro atoms. The number of rotatable bonds is 7. The molecule has 0 radical (unpaired) electrons. The summed E-state index contributed by atoms with van der Waals surface area (Å²) in [7, 11) is -3.85. The molecule has 0 amide bonds. The van der Waals surface area contributed by atoms with Crippen molar-refractivity contribution in [3.8, 4) is 11.5 Å². The van der Waals surface area contributed by atoms with E-state index in [9.17, 15) is 34.8 Å². The van der Waals surface area contributed by atoms with Crippen molar-refractivity contribution in [2.75, 3.05) is 16.2 Å². The Morgan fingerprint density at radius 1 is 0.804 bits per heavy atom. The van der Waals surface area contributed by atoms with Crippen LogP contribution >= 0.6 is 0 Å². The van der Waals surface area contributed by atoms with Gasteiger partial charge in [-0.3, -0.25) is 0 Å². The van der Waals surface area contributed by atoms with Crippen molar-refractivity contribution in [3.63, 3.8) is 0 Å². The monoisotopic (exact) mass is 674 g/mol. The largest absolute Gasteiger partial charge is 0.490 e.